The van der Waals surface area contributed by atoms with Crippen LogP contribution >= 0.6 is 35.0 Å². The molecule has 2 amide bonds. The molecule has 0 saturated heterocycles. The summed E-state index contributed by atoms with van der Waals surface area (Å²) in [7, 11) is -4.24. The van der Waals surface area contributed by atoms with Gasteiger partial charge < -0.3 is 15.0 Å². The number of halogens is 2. The average molecular weight is 667 g/mol. The quantitative estimate of drug-likeness (QED) is 0.183. The number of sulfonamides is 1. The molecule has 3 aromatic carbocycles. The highest BCUT2D eigenvalue weighted by molar-refractivity contribution is 7.98. The van der Waals surface area contributed by atoms with Crippen LogP contribution in [0.3, 0.4) is 0 Å². The number of anilines is 1. The van der Waals surface area contributed by atoms with Crippen molar-refractivity contribution in [3.05, 3.63) is 82.3 Å². The molecule has 0 spiro atoms. The lowest BCUT2D eigenvalue weighted by molar-refractivity contribution is -0.140. The van der Waals surface area contributed by atoms with Crippen molar-refractivity contribution >= 4 is 62.5 Å². The average Bonchev–Trinajstić information content (AvgIpc) is 3.00. The van der Waals surface area contributed by atoms with E-state index >= 15 is 0 Å². The smallest absolute Gasteiger partial charge is 0.264 e. The first kappa shape index (κ1) is 34.6. The van der Waals surface area contributed by atoms with Gasteiger partial charge in [-0.05, 0) is 80.1 Å². The summed E-state index contributed by atoms with van der Waals surface area (Å²) in [5.74, 6) is -0.583. The molecule has 232 valence electrons. The fourth-order valence-corrected chi connectivity index (χ4v) is 6.60. The minimum atomic E-state index is -4.24. The van der Waals surface area contributed by atoms with Crippen molar-refractivity contribution in [3.8, 4) is 5.75 Å². The molecule has 0 radical (unpaired) electrons. The molecule has 12 heteroatoms. The zero-order valence-corrected chi connectivity index (χ0v) is 27.8. The van der Waals surface area contributed by atoms with Gasteiger partial charge in [-0.15, -0.1) is 11.8 Å². The molecule has 1 N–H and O–H groups in total. The van der Waals surface area contributed by atoms with Gasteiger partial charge in [-0.2, -0.15) is 0 Å². The number of amides is 2. The van der Waals surface area contributed by atoms with E-state index in [4.69, 9.17) is 27.9 Å². The maximum Gasteiger partial charge on any atom is 0.264 e. The van der Waals surface area contributed by atoms with Gasteiger partial charge in [-0.25, -0.2) is 8.42 Å². The Morgan fingerprint density at radius 3 is 2.28 bits per heavy atom. The molecule has 43 heavy (non-hydrogen) atoms. The lowest BCUT2D eigenvalue weighted by atomic mass is 10.1. The predicted octanol–water partition coefficient (Wildman–Crippen LogP) is 6.64. The number of carbonyl (C=O) groups excluding carboxylic acids is 2. The van der Waals surface area contributed by atoms with Gasteiger partial charge in [0.25, 0.3) is 10.0 Å². The third-order valence-corrected chi connectivity index (χ3v) is 9.89. The second kappa shape index (κ2) is 16.2. The second-order valence-electron chi connectivity index (χ2n) is 9.57. The number of hydrogen-bond acceptors (Lipinski definition) is 6. The molecule has 3 rings (SSSR count). The highest BCUT2D eigenvalue weighted by Crippen LogP contribution is 2.33. The lowest BCUT2D eigenvalue weighted by Gasteiger charge is -2.33. The Morgan fingerprint density at radius 1 is 0.977 bits per heavy atom. The van der Waals surface area contributed by atoms with Gasteiger partial charge in [-0.1, -0.05) is 55.2 Å². The number of rotatable bonds is 15. The van der Waals surface area contributed by atoms with E-state index in [1.54, 1.807) is 68.4 Å². The van der Waals surface area contributed by atoms with Crippen LogP contribution < -0.4 is 14.4 Å². The van der Waals surface area contributed by atoms with E-state index in [1.165, 1.54) is 28.8 Å². The van der Waals surface area contributed by atoms with Gasteiger partial charge in [0, 0.05) is 18.0 Å². The summed E-state index contributed by atoms with van der Waals surface area (Å²) >= 11 is 13.9. The molecule has 1 atom stereocenters. The number of hydrogen-bond donors (Lipinski definition) is 1. The third kappa shape index (κ3) is 8.81. The van der Waals surface area contributed by atoms with Crippen LogP contribution in [0.25, 0.3) is 0 Å². The largest absolute Gasteiger partial charge is 0.492 e. The number of para-hydroxylation sites is 2. The van der Waals surface area contributed by atoms with E-state index in [0.717, 1.165) is 15.6 Å². The zero-order valence-electron chi connectivity index (χ0n) is 24.7. The Kier molecular flexibility index (Phi) is 13.1. The number of carbonyl (C=O) groups is 2. The van der Waals surface area contributed by atoms with Crippen molar-refractivity contribution in [2.24, 2.45) is 0 Å². The van der Waals surface area contributed by atoms with E-state index in [2.05, 4.69) is 5.32 Å². The molecule has 0 bridgehead atoms. The van der Waals surface area contributed by atoms with Gasteiger partial charge in [0.05, 0.1) is 27.2 Å². The van der Waals surface area contributed by atoms with Crippen LogP contribution in [0.15, 0.2) is 76.5 Å². The van der Waals surface area contributed by atoms with Crippen molar-refractivity contribution < 1.29 is 22.7 Å². The lowest BCUT2D eigenvalue weighted by Crippen LogP contribution is -2.52. The maximum absolute atomic E-state index is 14.2. The number of nitrogens with zero attached hydrogens (tertiary/aromatic N) is 2. The first-order chi connectivity index (χ1) is 20.6. The number of ether oxygens (including phenoxy) is 1. The van der Waals surface area contributed by atoms with Crippen molar-refractivity contribution in [2.45, 2.75) is 56.0 Å². The Bertz CT molecular complexity index is 1500. The second-order valence-corrected chi connectivity index (χ2v) is 13.1. The minimum absolute atomic E-state index is 0.0111. The monoisotopic (exact) mass is 665 g/mol. The molecule has 3 aromatic rings. The van der Waals surface area contributed by atoms with Crippen LogP contribution in [0, 0.1) is 0 Å². The van der Waals surface area contributed by atoms with Gasteiger partial charge in [-0.3, -0.25) is 13.9 Å². The van der Waals surface area contributed by atoms with E-state index in [0.29, 0.717) is 40.9 Å². The Labute approximate surface area is 268 Å². The summed E-state index contributed by atoms with van der Waals surface area (Å²) in [6.45, 7) is 5.70. The Balaban J connectivity index is 2.12. The van der Waals surface area contributed by atoms with Crippen LogP contribution in [0.5, 0.6) is 5.75 Å². The minimum Gasteiger partial charge on any atom is -0.492 e. The van der Waals surface area contributed by atoms with Crippen LogP contribution in [0.4, 0.5) is 5.69 Å². The molecule has 0 aromatic heterocycles. The summed E-state index contributed by atoms with van der Waals surface area (Å²) in [5, 5.41) is 3.53. The highest BCUT2D eigenvalue weighted by atomic mass is 35.5. The maximum atomic E-state index is 14.2. The Morgan fingerprint density at radius 2 is 1.67 bits per heavy atom. The topological polar surface area (TPSA) is 96.0 Å². The molecular weight excluding hydrogens is 629 g/mol. The number of nitrogens with one attached hydrogen (secondary N) is 1. The zero-order chi connectivity index (χ0) is 31.6. The van der Waals surface area contributed by atoms with E-state index < -0.39 is 28.5 Å². The summed E-state index contributed by atoms with van der Waals surface area (Å²) < 4.78 is 35.2. The number of thioether (sulfide) groups is 1. The predicted molar refractivity (Wildman–Crippen MR) is 175 cm³/mol. The standard InChI is InChI=1S/C31H37Cl2N3O5S2/c1-5-18-34-31(38)27(6-2)35(20-22-12-17-25(32)26(33)19-22)30(37)21-36(28-10-8-9-11-29(28)41-7-3)43(39,40)24-15-13-23(42-4)14-16-24/h8-17,19,27H,5-7,18,20-21H2,1-4H3,(H,34,38). The van der Waals surface area contributed by atoms with Crippen molar-refractivity contribution in [2.75, 3.05) is 30.3 Å². The Hall–Kier alpha value is -2.92. The van der Waals surface area contributed by atoms with E-state index in [-0.39, 0.29) is 23.0 Å². The third-order valence-electron chi connectivity index (χ3n) is 6.63. The fourth-order valence-electron chi connectivity index (χ4n) is 4.45. The molecule has 0 heterocycles. The van der Waals surface area contributed by atoms with Crippen molar-refractivity contribution in [1.82, 2.24) is 10.2 Å². The van der Waals surface area contributed by atoms with E-state index in [9.17, 15) is 18.0 Å². The summed E-state index contributed by atoms with van der Waals surface area (Å²) in [4.78, 5) is 29.8. The number of benzene rings is 3. The first-order valence-electron chi connectivity index (χ1n) is 14.0. The van der Waals surface area contributed by atoms with Gasteiger partial charge in [0.1, 0.15) is 18.3 Å². The van der Waals surface area contributed by atoms with Crippen LogP contribution in [-0.2, 0) is 26.2 Å². The first-order valence-corrected chi connectivity index (χ1v) is 17.4. The molecule has 0 fully saturated rings. The van der Waals surface area contributed by atoms with Gasteiger partial charge in [0.2, 0.25) is 11.8 Å². The molecule has 8 nitrogen and oxygen atoms in total. The van der Waals surface area contributed by atoms with Crippen molar-refractivity contribution in [3.63, 3.8) is 0 Å². The van der Waals surface area contributed by atoms with Crippen LogP contribution in [0.2, 0.25) is 10.0 Å². The molecular formula is C31H37Cl2N3O5S2. The van der Waals surface area contributed by atoms with E-state index in [1.807, 2.05) is 13.2 Å². The van der Waals surface area contributed by atoms with Crippen LogP contribution in [-0.4, -0.2) is 57.1 Å². The molecule has 0 aliphatic rings. The van der Waals surface area contributed by atoms with Crippen LogP contribution in [0.1, 0.15) is 39.2 Å². The molecule has 0 aliphatic carbocycles. The summed E-state index contributed by atoms with van der Waals surface area (Å²) in [6.07, 6.45) is 2.93. The summed E-state index contributed by atoms with van der Waals surface area (Å²) in [6, 6.07) is 17.2. The van der Waals surface area contributed by atoms with Gasteiger partial charge >= 0.3 is 0 Å². The highest BCUT2D eigenvalue weighted by Gasteiger charge is 2.34. The fraction of sp³-hybridized carbons (Fsp3) is 0.355. The molecule has 0 aliphatic heterocycles. The SMILES string of the molecule is CCCNC(=O)C(CC)N(Cc1ccc(Cl)c(Cl)c1)C(=O)CN(c1ccccc1OCC)S(=O)(=O)c1ccc(SC)cc1. The summed E-state index contributed by atoms with van der Waals surface area (Å²) in [5.41, 5.74) is 0.853. The normalized spacial score (nSPS) is 12.0. The molecule has 0 saturated carbocycles. The molecule has 1 unspecified atom stereocenters. The van der Waals surface area contributed by atoms with Crippen molar-refractivity contribution in [1.29, 1.82) is 0 Å². The van der Waals surface area contributed by atoms with Gasteiger partial charge in [0.15, 0.2) is 0 Å².